The van der Waals surface area contributed by atoms with Crippen LogP contribution in [0.4, 0.5) is 0 Å². The molecule has 0 aromatic heterocycles. The first-order chi connectivity index (χ1) is 8.75. The molecule has 0 aliphatic carbocycles. The number of carbonyl (C=O) groups excluding carboxylic acids is 1. The molecule has 0 bridgehead atoms. The van der Waals surface area contributed by atoms with Crippen molar-refractivity contribution in [2.45, 2.75) is 19.3 Å². The van der Waals surface area contributed by atoms with Crippen LogP contribution >= 0.6 is 28.3 Å². The molecule has 1 fully saturated rings. The summed E-state index contributed by atoms with van der Waals surface area (Å²) < 4.78 is 1.09. The highest BCUT2D eigenvalue weighted by Crippen LogP contribution is 2.11. The van der Waals surface area contributed by atoms with Crippen LogP contribution in [0.15, 0.2) is 28.7 Å². The van der Waals surface area contributed by atoms with Gasteiger partial charge in [0.05, 0.1) is 5.92 Å². The monoisotopic (exact) mass is 346 g/mol. The van der Waals surface area contributed by atoms with Gasteiger partial charge in [-0.15, -0.1) is 12.4 Å². The van der Waals surface area contributed by atoms with Crippen molar-refractivity contribution in [3.05, 3.63) is 34.3 Å². The molecule has 19 heavy (non-hydrogen) atoms. The number of rotatable bonds is 4. The number of hydrogen-bond acceptors (Lipinski definition) is 2. The lowest BCUT2D eigenvalue weighted by atomic mass is 9.99. The van der Waals surface area contributed by atoms with Gasteiger partial charge in [-0.05, 0) is 43.5 Å². The number of hydrogen-bond donors (Lipinski definition) is 2. The molecule has 1 aliphatic heterocycles. The molecule has 1 aliphatic rings. The summed E-state index contributed by atoms with van der Waals surface area (Å²) in [6, 6.07) is 8.22. The normalized spacial score (nSPS) is 18.5. The van der Waals surface area contributed by atoms with E-state index in [2.05, 4.69) is 38.7 Å². The maximum atomic E-state index is 11.9. The molecule has 1 saturated heterocycles. The maximum Gasteiger partial charge on any atom is 0.224 e. The van der Waals surface area contributed by atoms with E-state index in [1.807, 2.05) is 12.1 Å². The number of benzene rings is 1. The summed E-state index contributed by atoms with van der Waals surface area (Å²) in [7, 11) is 0. The summed E-state index contributed by atoms with van der Waals surface area (Å²) in [6.07, 6.45) is 3.00. The zero-order valence-corrected chi connectivity index (χ0v) is 13.2. The summed E-state index contributed by atoms with van der Waals surface area (Å²) >= 11 is 3.41. The lowest BCUT2D eigenvalue weighted by Crippen LogP contribution is -2.41. The second-order valence-corrected chi connectivity index (χ2v) is 5.63. The summed E-state index contributed by atoms with van der Waals surface area (Å²) in [4.78, 5) is 11.9. The van der Waals surface area contributed by atoms with E-state index < -0.39 is 0 Å². The molecule has 1 aromatic rings. The van der Waals surface area contributed by atoms with Gasteiger partial charge in [-0.25, -0.2) is 0 Å². The minimum Gasteiger partial charge on any atom is -0.355 e. The molecule has 1 heterocycles. The van der Waals surface area contributed by atoms with Crippen LogP contribution in [0.5, 0.6) is 0 Å². The molecule has 1 aromatic carbocycles. The molecule has 3 nitrogen and oxygen atoms in total. The van der Waals surface area contributed by atoms with E-state index in [4.69, 9.17) is 0 Å². The third kappa shape index (κ3) is 5.51. The van der Waals surface area contributed by atoms with Crippen LogP contribution < -0.4 is 10.6 Å². The smallest absolute Gasteiger partial charge is 0.224 e. The molecule has 106 valence electrons. The molecule has 2 rings (SSSR count). The molecular weight excluding hydrogens is 328 g/mol. The number of halogens is 2. The molecule has 0 spiro atoms. The first-order valence-corrected chi connectivity index (χ1v) is 7.28. The third-order valence-corrected chi connectivity index (χ3v) is 3.82. The van der Waals surface area contributed by atoms with E-state index in [0.29, 0.717) is 0 Å². The lowest BCUT2D eigenvalue weighted by molar-refractivity contribution is -0.125. The van der Waals surface area contributed by atoms with E-state index in [9.17, 15) is 4.79 Å². The van der Waals surface area contributed by atoms with Gasteiger partial charge in [-0.3, -0.25) is 4.79 Å². The molecule has 1 amide bonds. The van der Waals surface area contributed by atoms with Crippen LogP contribution in [-0.4, -0.2) is 25.5 Å². The van der Waals surface area contributed by atoms with E-state index in [1.54, 1.807) is 0 Å². The minimum atomic E-state index is 0. The fraction of sp³-hybridized carbons (Fsp3) is 0.500. The predicted molar refractivity (Wildman–Crippen MR) is 83.7 cm³/mol. The highest BCUT2D eigenvalue weighted by molar-refractivity contribution is 9.10. The molecule has 2 N–H and O–H groups in total. The number of piperidine rings is 1. The van der Waals surface area contributed by atoms with Crippen molar-refractivity contribution >= 4 is 34.2 Å². The molecule has 0 radical (unpaired) electrons. The Morgan fingerprint density at radius 3 is 2.74 bits per heavy atom. The number of nitrogens with one attached hydrogen (secondary N) is 2. The Kier molecular flexibility index (Phi) is 7.42. The average molecular weight is 348 g/mol. The van der Waals surface area contributed by atoms with Crippen molar-refractivity contribution in [3.63, 3.8) is 0 Å². The molecule has 0 unspecified atom stereocenters. The van der Waals surface area contributed by atoms with Gasteiger partial charge in [-0.2, -0.15) is 0 Å². The highest BCUT2D eigenvalue weighted by atomic mass is 79.9. The fourth-order valence-electron chi connectivity index (χ4n) is 2.20. The topological polar surface area (TPSA) is 41.1 Å². The Morgan fingerprint density at radius 1 is 1.37 bits per heavy atom. The van der Waals surface area contributed by atoms with Gasteiger partial charge in [0.15, 0.2) is 0 Å². The maximum absolute atomic E-state index is 11.9. The van der Waals surface area contributed by atoms with Gasteiger partial charge in [0.2, 0.25) is 5.91 Å². The molecular formula is C14H20BrClN2O. The number of amides is 1. The number of carbonyl (C=O) groups is 1. The van der Waals surface area contributed by atoms with Crippen LogP contribution in [0.25, 0.3) is 0 Å². The van der Waals surface area contributed by atoms with Gasteiger partial charge in [0.1, 0.15) is 0 Å². The average Bonchev–Trinajstić information content (AvgIpc) is 2.42. The van der Waals surface area contributed by atoms with Gasteiger partial charge >= 0.3 is 0 Å². The third-order valence-electron chi connectivity index (χ3n) is 3.29. The van der Waals surface area contributed by atoms with Crippen molar-refractivity contribution in [2.75, 3.05) is 19.6 Å². The first kappa shape index (κ1) is 16.5. The van der Waals surface area contributed by atoms with Gasteiger partial charge in [0.25, 0.3) is 0 Å². The fourth-order valence-corrected chi connectivity index (χ4v) is 2.47. The Labute approximate surface area is 129 Å². The summed E-state index contributed by atoms with van der Waals surface area (Å²) in [5.74, 6) is 0.350. The second-order valence-electron chi connectivity index (χ2n) is 4.71. The second kappa shape index (κ2) is 8.56. The quantitative estimate of drug-likeness (QED) is 0.879. The lowest BCUT2D eigenvalue weighted by Gasteiger charge is -2.21. The van der Waals surface area contributed by atoms with Crippen LogP contribution in [0.3, 0.4) is 0 Å². The minimum absolute atomic E-state index is 0. The van der Waals surface area contributed by atoms with Gasteiger partial charge in [-0.1, -0.05) is 28.1 Å². The van der Waals surface area contributed by atoms with Crippen LogP contribution in [0, 0.1) is 5.92 Å². The standard InChI is InChI=1S/C14H19BrN2O.ClH/c15-13-5-3-11(4-6-13)7-9-17-14(18)12-2-1-8-16-10-12;/h3-6,12,16H,1-2,7-10H2,(H,17,18);1H/t12-;/m1./s1. The predicted octanol–water partition coefficient (Wildman–Crippen LogP) is 2.53. The Morgan fingerprint density at radius 2 is 2.11 bits per heavy atom. The highest BCUT2D eigenvalue weighted by Gasteiger charge is 2.19. The molecule has 0 saturated carbocycles. The zero-order valence-electron chi connectivity index (χ0n) is 10.8. The largest absolute Gasteiger partial charge is 0.355 e. The van der Waals surface area contributed by atoms with E-state index in [0.717, 1.165) is 43.4 Å². The molecule has 1 atom stereocenters. The molecule has 5 heteroatoms. The van der Waals surface area contributed by atoms with Crippen LogP contribution in [0.2, 0.25) is 0 Å². The van der Waals surface area contributed by atoms with E-state index in [-0.39, 0.29) is 24.2 Å². The first-order valence-electron chi connectivity index (χ1n) is 6.48. The SMILES string of the molecule is Cl.O=C(NCCc1ccc(Br)cc1)[C@@H]1CCCNC1. The van der Waals surface area contributed by atoms with Crippen molar-refractivity contribution < 1.29 is 4.79 Å². The summed E-state index contributed by atoms with van der Waals surface area (Å²) in [5, 5.41) is 6.29. The van der Waals surface area contributed by atoms with Crippen molar-refractivity contribution in [2.24, 2.45) is 5.92 Å². The zero-order chi connectivity index (χ0) is 12.8. The Hall–Kier alpha value is -0.580. The van der Waals surface area contributed by atoms with Crippen LogP contribution in [-0.2, 0) is 11.2 Å². The van der Waals surface area contributed by atoms with Gasteiger partial charge in [0, 0.05) is 17.6 Å². The van der Waals surface area contributed by atoms with Crippen molar-refractivity contribution in [3.8, 4) is 0 Å². The summed E-state index contributed by atoms with van der Waals surface area (Å²) in [6.45, 7) is 2.59. The summed E-state index contributed by atoms with van der Waals surface area (Å²) in [5.41, 5.74) is 1.25. The van der Waals surface area contributed by atoms with Crippen molar-refractivity contribution in [1.29, 1.82) is 0 Å². The Balaban J connectivity index is 0.00000180. The van der Waals surface area contributed by atoms with Crippen LogP contribution in [0.1, 0.15) is 18.4 Å². The van der Waals surface area contributed by atoms with Gasteiger partial charge < -0.3 is 10.6 Å². The van der Waals surface area contributed by atoms with E-state index >= 15 is 0 Å². The van der Waals surface area contributed by atoms with E-state index in [1.165, 1.54) is 5.56 Å². The Bertz CT molecular complexity index is 391. The van der Waals surface area contributed by atoms with Crippen molar-refractivity contribution in [1.82, 2.24) is 10.6 Å².